The molecule has 1 heterocycles. The van der Waals surface area contributed by atoms with Gasteiger partial charge in [0.15, 0.2) is 0 Å². The number of aliphatic carboxylic acids is 1. The van der Waals surface area contributed by atoms with E-state index in [0.717, 1.165) is 22.5 Å². The number of para-hydroxylation sites is 1. The number of benzene rings is 3. The normalized spacial score (nSPS) is 17.5. The number of carbonyl (C=O) groups excluding carboxylic acids is 1. The van der Waals surface area contributed by atoms with Gasteiger partial charge < -0.3 is 10.4 Å². The zero-order valence-corrected chi connectivity index (χ0v) is 18.3. The highest BCUT2D eigenvalue weighted by atomic mass is 16.4. The van der Waals surface area contributed by atoms with Gasteiger partial charge in [0.1, 0.15) is 6.04 Å². The van der Waals surface area contributed by atoms with Crippen molar-refractivity contribution in [2.24, 2.45) is 5.10 Å². The highest BCUT2D eigenvalue weighted by molar-refractivity contribution is 6.11. The Labute approximate surface area is 193 Å². The summed E-state index contributed by atoms with van der Waals surface area (Å²) < 4.78 is 0. The number of carboxylic acid groups (broad SMARTS) is 1. The van der Waals surface area contributed by atoms with Gasteiger partial charge in [-0.3, -0.25) is 14.6 Å². The molecule has 4 rings (SSSR count). The summed E-state index contributed by atoms with van der Waals surface area (Å²) >= 11 is 0. The van der Waals surface area contributed by atoms with Crippen LogP contribution in [0.1, 0.15) is 36.3 Å². The molecular formula is C27H27N3O3. The van der Waals surface area contributed by atoms with Crippen LogP contribution in [0.3, 0.4) is 0 Å². The minimum absolute atomic E-state index is 0.101. The van der Waals surface area contributed by atoms with E-state index in [4.69, 9.17) is 10.2 Å². The van der Waals surface area contributed by atoms with Gasteiger partial charge in [0, 0.05) is 13.0 Å². The van der Waals surface area contributed by atoms with E-state index in [1.54, 1.807) is 0 Å². The van der Waals surface area contributed by atoms with Gasteiger partial charge in [-0.1, -0.05) is 78.9 Å². The van der Waals surface area contributed by atoms with Crippen LogP contribution < -0.4 is 10.3 Å². The maximum absolute atomic E-state index is 13.5. The second-order valence-corrected chi connectivity index (χ2v) is 8.01. The first-order chi connectivity index (χ1) is 16.1. The third-order valence-electron chi connectivity index (χ3n) is 5.72. The fourth-order valence-corrected chi connectivity index (χ4v) is 4.16. The fourth-order valence-electron chi connectivity index (χ4n) is 4.16. The first kappa shape index (κ1) is 22.3. The molecular weight excluding hydrogens is 414 g/mol. The molecule has 6 heteroatoms. The maximum atomic E-state index is 13.5. The number of unbranched alkanes of at least 4 members (excludes halogenated alkanes) is 1. The molecule has 33 heavy (non-hydrogen) atoms. The van der Waals surface area contributed by atoms with E-state index < -0.39 is 12.0 Å². The third kappa shape index (κ3) is 5.29. The van der Waals surface area contributed by atoms with Crippen molar-refractivity contribution < 1.29 is 14.7 Å². The van der Waals surface area contributed by atoms with Crippen molar-refractivity contribution in [3.05, 3.63) is 102 Å². The molecule has 2 atom stereocenters. The Kier molecular flexibility index (Phi) is 7.15. The first-order valence-electron chi connectivity index (χ1n) is 11.2. The summed E-state index contributed by atoms with van der Waals surface area (Å²) in [4.78, 5) is 24.3. The number of hydrogen-bond acceptors (Lipinski definition) is 4. The Morgan fingerprint density at radius 3 is 2.09 bits per heavy atom. The lowest BCUT2D eigenvalue weighted by Crippen LogP contribution is -2.46. The van der Waals surface area contributed by atoms with Crippen molar-refractivity contribution in [2.45, 2.75) is 31.2 Å². The Balaban J connectivity index is 1.68. The summed E-state index contributed by atoms with van der Waals surface area (Å²) in [6, 6.07) is 29.1. The molecule has 0 radical (unpaired) electrons. The summed E-state index contributed by atoms with van der Waals surface area (Å²) in [5, 5.41) is 18.6. The van der Waals surface area contributed by atoms with Crippen LogP contribution in [0.2, 0.25) is 0 Å². The Morgan fingerprint density at radius 2 is 1.45 bits per heavy atom. The summed E-state index contributed by atoms with van der Waals surface area (Å²) in [7, 11) is 0. The average molecular weight is 442 g/mol. The number of hydrazone groups is 1. The van der Waals surface area contributed by atoms with Gasteiger partial charge in [-0.25, -0.2) is 0 Å². The summed E-state index contributed by atoms with van der Waals surface area (Å²) in [5.41, 5.74) is 3.68. The van der Waals surface area contributed by atoms with Gasteiger partial charge in [-0.05, 0) is 36.1 Å². The molecule has 1 aliphatic heterocycles. The molecule has 2 N–H and O–H groups in total. The summed E-state index contributed by atoms with van der Waals surface area (Å²) in [6.07, 6.45) is 1.23. The molecule has 0 saturated heterocycles. The predicted molar refractivity (Wildman–Crippen MR) is 129 cm³/mol. The quantitative estimate of drug-likeness (QED) is 0.481. The van der Waals surface area contributed by atoms with E-state index in [1.807, 2.05) is 96.0 Å². The topological polar surface area (TPSA) is 82.0 Å². The van der Waals surface area contributed by atoms with Crippen LogP contribution in [0.25, 0.3) is 0 Å². The number of nitrogens with one attached hydrogen (secondary N) is 1. The molecule has 0 saturated carbocycles. The van der Waals surface area contributed by atoms with Crippen molar-refractivity contribution in [3.63, 3.8) is 0 Å². The third-order valence-corrected chi connectivity index (χ3v) is 5.72. The van der Waals surface area contributed by atoms with Crippen LogP contribution in [0.4, 0.5) is 5.69 Å². The average Bonchev–Trinajstić information content (AvgIpc) is 3.26. The van der Waals surface area contributed by atoms with E-state index >= 15 is 0 Å². The molecule has 1 aliphatic rings. The van der Waals surface area contributed by atoms with E-state index in [9.17, 15) is 9.59 Å². The standard InChI is InChI=1S/C27H27N3O3/c31-23(32)18-10-11-19-28-27(33)26-24(20-12-4-1-5-13-20)25(21-14-6-2-7-15-21)29-30(26)22-16-8-3-9-17-22/h1-9,12-17,24,26H,10-11,18-19H2,(H,28,33)(H,31,32). The molecule has 3 aromatic carbocycles. The highest BCUT2D eigenvalue weighted by Gasteiger charge is 2.43. The molecule has 6 nitrogen and oxygen atoms in total. The molecule has 1 amide bonds. The van der Waals surface area contributed by atoms with Gasteiger partial charge >= 0.3 is 5.97 Å². The minimum atomic E-state index is -0.822. The predicted octanol–water partition coefficient (Wildman–Crippen LogP) is 4.43. The van der Waals surface area contributed by atoms with Crippen LogP contribution in [0.15, 0.2) is 96.1 Å². The molecule has 0 bridgehead atoms. The molecule has 0 spiro atoms. The molecule has 168 valence electrons. The smallest absolute Gasteiger partial charge is 0.303 e. The minimum Gasteiger partial charge on any atom is -0.481 e. The van der Waals surface area contributed by atoms with Crippen molar-refractivity contribution in [1.29, 1.82) is 0 Å². The second kappa shape index (κ2) is 10.6. The van der Waals surface area contributed by atoms with E-state index in [-0.39, 0.29) is 18.2 Å². The van der Waals surface area contributed by atoms with E-state index in [1.165, 1.54) is 0 Å². The first-order valence-corrected chi connectivity index (χ1v) is 11.2. The lowest BCUT2D eigenvalue weighted by molar-refractivity contribution is -0.137. The Bertz CT molecular complexity index is 1100. The van der Waals surface area contributed by atoms with E-state index in [2.05, 4.69) is 5.32 Å². The SMILES string of the molecule is O=C(O)CCCCNC(=O)C1C(c2ccccc2)C(c2ccccc2)=NN1c1ccccc1. The second-order valence-electron chi connectivity index (χ2n) is 8.01. The van der Waals surface area contributed by atoms with Crippen LogP contribution in [-0.4, -0.2) is 35.3 Å². The number of anilines is 1. The van der Waals surface area contributed by atoms with Crippen molar-refractivity contribution >= 4 is 23.3 Å². The maximum Gasteiger partial charge on any atom is 0.303 e. The van der Waals surface area contributed by atoms with Crippen LogP contribution in [0, 0.1) is 0 Å². The zero-order valence-electron chi connectivity index (χ0n) is 18.3. The van der Waals surface area contributed by atoms with Crippen LogP contribution in [-0.2, 0) is 9.59 Å². The monoisotopic (exact) mass is 441 g/mol. The van der Waals surface area contributed by atoms with Gasteiger partial charge in [0.25, 0.3) is 0 Å². The Morgan fingerprint density at radius 1 is 0.848 bits per heavy atom. The number of amides is 1. The van der Waals surface area contributed by atoms with Crippen LogP contribution in [0.5, 0.6) is 0 Å². The van der Waals surface area contributed by atoms with Gasteiger partial charge in [-0.15, -0.1) is 0 Å². The lowest BCUT2D eigenvalue weighted by atomic mass is 9.84. The number of hydrogen-bond donors (Lipinski definition) is 2. The van der Waals surface area contributed by atoms with Gasteiger partial charge in [0.2, 0.25) is 5.91 Å². The van der Waals surface area contributed by atoms with E-state index in [0.29, 0.717) is 19.4 Å². The highest BCUT2D eigenvalue weighted by Crippen LogP contribution is 2.37. The molecule has 0 fully saturated rings. The lowest BCUT2D eigenvalue weighted by Gasteiger charge is -2.27. The summed E-state index contributed by atoms with van der Waals surface area (Å²) in [5.74, 6) is -1.21. The van der Waals surface area contributed by atoms with Crippen molar-refractivity contribution in [1.82, 2.24) is 5.32 Å². The molecule has 2 unspecified atom stereocenters. The fraction of sp³-hybridized carbons (Fsp3) is 0.222. The Hall–Kier alpha value is -3.93. The number of rotatable bonds is 9. The zero-order chi connectivity index (χ0) is 23.0. The largest absolute Gasteiger partial charge is 0.481 e. The number of carbonyl (C=O) groups is 2. The molecule has 3 aromatic rings. The van der Waals surface area contributed by atoms with Gasteiger partial charge in [-0.2, -0.15) is 5.10 Å². The van der Waals surface area contributed by atoms with Gasteiger partial charge in [0.05, 0.1) is 17.3 Å². The summed E-state index contributed by atoms with van der Waals surface area (Å²) in [6.45, 7) is 0.424. The molecule has 0 aromatic heterocycles. The number of nitrogens with zero attached hydrogens (tertiary/aromatic N) is 2. The van der Waals surface area contributed by atoms with Crippen molar-refractivity contribution in [3.8, 4) is 0 Å². The number of carboxylic acids is 1. The van der Waals surface area contributed by atoms with Crippen LogP contribution >= 0.6 is 0 Å². The molecule has 0 aliphatic carbocycles. The van der Waals surface area contributed by atoms with Crippen molar-refractivity contribution in [2.75, 3.05) is 11.6 Å².